The highest BCUT2D eigenvalue weighted by atomic mass is 16.8. The van der Waals surface area contributed by atoms with Gasteiger partial charge >= 0.3 is 6.03 Å². The van der Waals surface area contributed by atoms with E-state index in [1.807, 2.05) is 50.2 Å². The Hall–Kier alpha value is -3.17. The third-order valence-electron chi connectivity index (χ3n) is 6.32. The second-order valence-corrected chi connectivity index (χ2v) is 9.25. The lowest BCUT2D eigenvalue weighted by Gasteiger charge is -2.27. The van der Waals surface area contributed by atoms with Gasteiger partial charge < -0.3 is 39.1 Å². The minimum Gasteiger partial charge on any atom is -0.497 e. The molecule has 4 atom stereocenters. The van der Waals surface area contributed by atoms with Crippen molar-refractivity contribution in [3.05, 3.63) is 47.5 Å². The summed E-state index contributed by atoms with van der Waals surface area (Å²) in [5.41, 5.74) is 1.91. The van der Waals surface area contributed by atoms with Gasteiger partial charge in [0, 0.05) is 12.1 Å². The van der Waals surface area contributed by atoms with E-state index >= 15 is 0 Å². The monoisotopic (exact) mass is 486 g/mol. The second kappa shape index (κ2) is 10.2. The van der Waals surface area contributed by atoms with Crippen LogP contribution in [-0.4, -0.2) is 64.5 Å². The molecule has 9 nitrogen and oxygen atoms in total. The predicted octanol–water partition coefficient (Wildman–Crippen LogP) is 3.08. The summed E-state index contributed by atoms with van der Waals surface area (Å²) in [5.74, 6) is 1.93. The van der Waals surface area contributed by atoms with Gasteiger partial charge in [-0.2, -0.15) is 0 Å². The van der Waals surface area contributed by atoms with Crippen LogP contribution in [0.25, 0.3) is 0 Å². The molecule has 2 aromatic carbocycles. The van der Waals surface area contributed by atoms with Gasteiger partial charge in [0.1, 0.15) is 35.2 Å². The van der Waals surface area contributed by atoms with Crippen LogP contribution in [0.3, 0.4) is 0 Å². The van der Waals surface area contributed by atoms with Crippen LogP contribution in [-0.2, 0) is 22.3 Å². The highest BCUT2D eigenvalue weighted by Crippen LogP contribution is 2.36. The smallest absolute Gasteiger partial charge is 0.315 e. The van der Waals surface area contributed by atoms with E-state index in [-0.39, 0.29) is 30.3 Å². The quantitative estimate of drug-likeness (QED) is 0.592. The molecule has 0 aromatic heterocycles. The molecule has 2 saturated heterocycles. The first-order valence-electron chi connectivity index (χ1n) is 11.6. The molecule has 0 saturated carbocycles. The van der Waals surface area contributed by atoms with Crippen molar-refractivity contribution in [1.82, 2.24) is 10.6 Å². The first kappa shape index (κ1) is 24.9. The number of rotatable bonds is 8. The van der Waals surface area contributed by atoms with Gasteiger partial charge in [-0.3, -0.25) is 0 Å². The molecule has 4 rings (SSSR count). The lowest BCUT2D eigenvalue weighted by molar-refractivity contribution is -0.150. The van der Waals surface area contributed by atoms with Crippen LogP contribution in [0.2, 0.25) is 0 Å². The number of hydrogen-bond donors (Lipinski definition) is 2. The van der Waals surface area contributed by atoms with Gasteiger partial charge in [0.15, 0.2) is 5.79 Å². The minimum absolute atomic E-state index is 0.274. The van der Waals surface area contributed by atoms with Crippen LogP contribution < -0.4 is 29.6 Å². The largest absolute Gasteiger partial charge is 0.497 e. The van der Waals surface area contributed by atoms with Gasteiger partial charge in [-0.15, -0.1) is 0 Å². The van der Waals surface area contributed by atoms with E-state index in [0.717, 1.165) is 11.1 Å². The number of urea groups is 1. The molecular weight excluding hydrogens is 452 g/mol. The van der Waals surface area contributed by atoms with E-state index in [9.17, 15) is 4.79 Å². The molecule has 2 aliphatic rings. The number of methoxy groups -OCH3 is 4. The number of benzene rings is 2. The SMILES string of the molecule is COc1cc(C[C@H]2NC(=O)N[C@H](Cc3cc(OC)cc(OC)c3)[C@@H]3OC(C)(C)O[C@H]32)cc(OC)c1. The van der Waals surface area contributed by atoms with E-state index in [1.165, 1.54) is 0 Å². The molecule has 35 heavy (non-hydrogen) atoms. The van der Waals surface area contributed by atoms with Crippen LogP contribution >= 0.6 is 0 Å². The predicted molar refractivity (Wildman–Crippen MR) is 130 cm³/mol. The molecule has 0 spiro atoms. The van der Waals surface area contributed by atoms with Crippen LogP contribution in [0.1, 0.15) is 25.0 Å². The van der Waals surface area contributed by atoms with Gasteiger partial charge in [-0.05, 0) is 62.1 Å². The Labute approximate surface area is 206 Å². The number of carbonyl (C=O) groups excluding carboxylic acids is 1. The Morgan fingerprint density at radius 3 is 1.34 bits per heavy atom. The van der Waals surface area contributed by atoms with Gasteiger partial charge in [0.25, 0.3) is 0 Å². The molecule has 2 amide bonds. The average molecular weight is 487 g/mol. The Morgan fingerprint density at radius 2 is 1.03 bits per heavy atom. The second-order valence-electron chi connectivity index (χ2n) is 9.25. The molecule has 0 unspecified atom stereocenters. The van der Waals surface area contributed by atoms with Crippen molar-refractivity contribution in [2.75, 3.05) is 28.4 Å². The molecular formula is C26H34N2O7. The first-order valence-corrected chi connectivity index (χ1v) is 11.6. The van der Waals surface area contributed by atoms with Gasteiger partial charge in [-0.25, -0.2) is 4.79 Å². The van der Waals surface area contributed by atoms with E-state index in [2.05, 4.69) is 10.6 Å². The normalized spacial score (nSPS) is 25.0. The summed E-state index contributed by atoms with van der Waals surface area (Å²) in [6, 6.07) is 10.4. The van der Waals surface area contributed by atoms with Crippen molar-refractivity contribution in [2.45, 2.75) is 56.8 Å². The average Bonchev–Trinajstić information content (AvgIpc) is 3.12. The van der Waals surface area contributed by atoms with Crippen molar-refractivity contribution in [3.63, 3.8) is 0 Å². The maximum atomic E-state index is 12.9. The Kier molecular flexibility index (Phi) is 7.28. The van der Waals surface area contributed by atoms with Crippen molar-refractivity contribution in [3.8, 4) is 23.0 Å². The minimum atomic E-state index is -0.798. The van der Waals surface area contributed by atoms with Crippen molar-refractivity contribution >= 4 is 6.03 Å². The zero-order valence-electron chi connectivity index (χ0n) is 21.0. The fourth-order valence-corrected chi connectivity index (χ4v) is 4.79. The number of fused-ring (bicyclic) bond motifs is 1. The highest BCUT2D eigenvalue weighted by Gasteiger charge is 2.51. The summed E-state index contributed by atoms with van der Waals surface area (Å²) in [6.07, 6.45) is 0.278. The maximum Gasteiger partial charge on any atom is 0.315 e. The molecule has 2 N–H and O–H groups in total. The molecule has 0 radical (unpaired) electrons. The van der Waals surface area contributed by atoms with Crippen molar-refractivity contribution < 1.29 is 33.2 Å². The van der Waals surface area contributed by atoms with Crippen molar-refractivity contribution in [2.24, 2.45) is 0 Å². The summed E-state index contributed by atoms with van der Waals surface area (Å²) >= 11 is 0. The zero-order chi connectivity index (χ0) is 25.2. The summed E-state index contributed by atoms with van der Waals surface area (Å²) in [7, 11) is 6.45. The maximum absolute atomic E-state index is 12.9. The molecule has 190 valence electrons. The lowest BCUT2D eigenvalue weighted by Crippen LogP contribution is -2.47. The third-order valence-corrected chi connectivity index (χ3v) is 6.32. The number of nitrogens with one attached hydrogen (secondary N) is 2. The van der Waals surface area contributed by atoms with Crippen LogP contribution in [0, 0.1) is 0 Å². The lowest BCUT2D eigenvalue weighted by atomic mass is 9.92. The summed E-state index contributed by atoms with van der Waals surface area (Å²) in [4.78, 5) is 12.9. The number of ether oxygens (including phenoxy) is 6. The molecule has 9 heteroatoms. The van der Waals surface area contributed by atoms with Crippen LogP contribution in [0.4, 0.5) is 4.79 Å². The van der Waals surface area contributed by atoms with Crippen LogP contribution in [0.5, 0.6) is 23.0 Å². The van der Waals surface area contributed by atoms with E-state index in [0.29, 0.717) is 35.8 Å². The van der Waals surface area contributed by atoms with E-state index < -0.39 is 5.79 Å². The third kappa shape index (κ3) is 5.74. The number of carbonyl (C=O) groups is 1. The Bertz CT molecular complexity index is 934. The zero-order valence-corrected chi connectivity index (χ0v) is 21.0. The summed E-state index contributed by atoms with van der Waals surface area (Å²) in [6.45, 7) is 3.78. The first-order chi connectivity index (χ1) is 16.7. The van der Waals surface area contributed by atoms with E-state index in [1.54, 1.807) is 28.4 Å². The number of amides is 2. The molecule has 0 aliphatic carbocycles. The van der Waals surface area contributed by atoms with Gasteiger partial charge in [-0.1, -0.05) is 0 Å². The molecule has 2 aliphatic heterocycles. The van der Waals surface area contributed by atoms with Gasteiger partial charge in [0.05, 0.1) is 40.5 Å². The standard InChI is InChI=1S/C26H34N2O7/c1-26(2)34-23-21(11-15-7-17(30-3)13-18(8-15)31-4)27-25(29)28-22(24(23)35-26)12-16-9-19(32-5)14-20(10-16)33-6/h7-10,13-14,21-24H,11-12H2,1-6H3,(H2,27,28,29)/t21-,22-,23+,24+/m1/s1. The fourth-order valence-electron chi connectivity index (χ4n) is 4.79. The topological polar surface area (TPSA) is 96.5 Å². The van der Waals surface area contributed by atoms with Crippen LogP contribution in [0.15, 0.2) is 36.4 Å². The Morgan fingerprint density at radius 1 is 0.686 bits per heavy atom. The highest BCUT2D eigenvalue weighted by molar-refractivity contribution is 5.75. The molecule has 0 bridgehead atoms. The summed E-state index contributed by atoms with van der Waals surface area (Å²) < 4.78 is 34.4. The molecule has 2 aromatic rings. The fraction of sp³-hybridized carbons (Fsp3) is 0.500. The van der Waals surface area contributed by atoms with Gasteiger partial charge in [0.2, 0.25) is 0 Å². The molecule has 2 heterocycles. The van der Waals surface area contributed by atoms with Crippen molar-refractivity contribution in [1.29, 1.82) is 0 Å². The number of hydrogen-bond acceptors (Lipinski definition) is 7. The van der Waals surface area contributed by atoms with E-state index in [4.69, 9.17) is 28.4 Å². The Balaban J connectivity index is 1.63. The summed E-state index contributed by atoms with van der Waals surface area (Å²) in [5, 5.41) is 6.17. The molecule has 2 fully saturated rings.